The van der Waals surface area contributed by atoms with Crippen LogP contribution in [0.4, 0.5) is 74.2 Å². The highest BCUT2D eigenvalue weighted by Gasteiger charge is 2.49. The first-order chi connectivity index (χ1) is 68.0. The van der Waals surface area contributed by atoms with Crippen molar-refractivity contribution in [3.05, 3.63) is 190 Å². The summed E-state index contributed by atoms with van der Waals surface area (Å²) in [5.41, 5.74) is 14.0. The Hall–Kier alpha value is -14.1. The summed E-state index contributed by atoms with van der Waals surface area (Å²) in [7, 11) is 1.60. The summed E-state index contributed by atoms with van der Waals surface area (Å²) >= 11 is 0. The smallest absolute Gasteiger partial charge is 0.230 e. The molecule has 5 atom stereocenters. The lowest BCUT2D eigenvalue weighted by Crippen LogP contribution is -2.43. The standard InChI is InChI=1S/C20H22N4O.C19H22N4.C18H19FN4O.C18H22N4O2.2C18H22N4O/c1-21-14-7-8-17-18(11-14)24(15-3-2-4-15)20(22-17)23-19(25)16-10-12-5-6-13(16)9-12;1-12(15-11-19(15,2)3)21-18-22-16-9-8-13(20-4)10-17(16)23(18)14-6-5-7-14;1-18(19)9-11(10-18)16(24)22-17-21-14-7-6-12(20-2)8-15(14)23(17)13-4-3-5-13;1-18(2,24-4)11-16(23)21-17-20-14-9-8-12(19-3)10-15(14)22(17)13-6-5-7-13;1-18(2,3)11-16(23)21-17-20-14-9-8-12(19-4)10-15(14)22(17)13-6-5-7-13;1-11(2)12(3)17(23)21-18-20-15-9-8-13(19-4)10-16(15)22(18)14-6-5-7-14/h7-8,11-13,15-16H,2-6,9-10H2,(H,22,23,25);8-10,14-15H,1,5-7,11H2,2-3H3,(H,21,22);6-8,11,13H,3-5,9-10H2,1H3,(H,21,22,24);8-10,13H,5-7,11H2,1-2,4H3,(H,20,21,23);8-10,13H,5-7,11H2,1-3H3,(H,20,21,23);8-12,14H,5-7H2,1-3H3,(H,20,21,23)/t;;;;;12-/m.....0/s1. The molecule has 10 aliphatic rings. The molecule has 10 saturated carbocycles. The Morgan fingerprint density at radius 2 is 0.704 bits per heavy atom. The summed E-state index contributed by atoms with van der Waals surface area (Å²) in [6.07, 6.45) is 27.6. The van der Waals surface area contributed by atoms with Gasteiger partial charge >= 0.3 is 0 Å². The molecule has 4 unspecified atom stereocenters. The first kappa shape index (κ1) is 99.4. The number of nitrogens with one attached hydrogen (secondary N) is 6. The molecule has 30 nitrogen and oxygen atoms in total. The van der Waals surface area contributed by atoms with Crippen LogP contribution in [-0.4, -0.2) is 105 Å². The second kappa shape index (κ2) is 41.2. The Labute approximate surface area is 829 Å². The van der Waals surface area contributed by atoms with Crippen molar-refractivity contribution in [2.75, 3.05) is 39.0 Å². The van der Waals surface area contributed by atoms with Gasteiger partial charge in [-0.15, -0.1) is 0 Å². The third-order valence-corrected chi connectivity index (χ3v) is 30.9. The molecule has 10 aliphatic carbocycles. The molecule has 6 N–H and O–H groups in total. The molecule has 31 heteroatoms. The second-order valence-electron chi connectivity index (χ2n) is 43.7. The van der Waals surface area contributed by atoms with Crippen molar-refractivity contribution in [2.45, 2.75) is 297 Å². The van der Waals surface area contributed by atoms with E-state index in [9.17, 15) is 28.4 Å². The van der Waals surface area contributed by atoms with Gasteiger partial charge in [0.1, 0.15) is 5.67 Å². The molecular weight excluding hydrogens is 1780 g/mol. The van der Waals surface area contributed by atoms with E-state index in [0.29, 0.717) is 124 Å². The number of alkyl halides is 1. The van der Waals surface area contributed by atoms with E-state index < -0.39 is 11.3 Å². The molecule has 0 spiro atoms. The number of nitrogens with zero attached hydrogens (tertiary/aromatic N) is 18. The number of carbonyl (C=O) groups excluding carboxylic acids is 5. The number of carbonyl (C=O) groups is 5. The van der Waals surface area contributed by atoms with E-state index in [2.05, 4.69) is 124 Å². The number of amides is 5. The fraction of sp³-hybridized carbons (Fsp3) is 0.505. The minimum atomic E-state index is -1.22. The number of methoxy groups -OCH3 is 1. The molecule has 0 radical (unpaired) electrons. The summed E-state index contributed by atoms with van der Waals surface area (Å²) in [5.74, 6) is 5.67. The van der Waals surface area contributed by atoms with Gasteiger partial charge in [0.2, 0.25) is 65.2 Å². The fourth-order valence-corrected chi connectivity index (χ4v) is 20.8. The van der Waals surface area contributed by atoms with Crippen LogP contribution in [0.2, 0.25) is 0 Å². The van der Waals surface area contributed by atoms with Crippen molar-refractivity contribution in [1.82, 2.24) is 57.3 Å². The number of benzene rings is 6. The van der Waals surface area contributed by atoms with Crippen LogP contribution in [0.1, 0.15) is 286 Å². The maximum Gasteiger partial charge on any atom is 0.230 e. The zero-order chi connectivity index (χ0) is 101. The van der Waals surface area contributed by atoms with Gasteiger partial charge in [-0.2, -0.15) is 0 Å². The van der Waals surface area contributed by atoms with Gasteiger partial charge in [0.05, 0.1) is 118 Å². The minimum Gasteiger partial charge on any atom is -0.378 e. The van der Waals surface area contributed by atoms with Crippen molar-refractivity contribution in [1.29, 1.82) is 0 Å². The molecule has 142 heavy (non-hydrogen) atoms. The molecule has 0 saturated heterocycles. The quantitative estimate of drug-likeness (QED) is 0.0344. The Balaban J connectivity index is 0.000000117. The molecule has 6 heterocycles. The topological polar surface area (TPSA) is 300 Å². The van der Waals surface area contributed by atoms with Gasteiger partial charge in [-0.3, -0.25) is 50.6 Å². The number of aromatic nitrogens is 12. The number of rotatable bonds is 22. The van der Waals surface area contributed by atoms with E-state index in [-0.39, 0.29) is 77.9 Å². The van der Waals surface area contributed by atoms with E-state index >= 15 is 0 Å². The Morgan fingerprint density at radius 3 is 0.951 bits per heavy atom. The minimum absolute atomic E-state index is 0.00119. The molecule has 6 aromatic heterocycles. The number of hydrogen-bond acceptors (Lipinski definition) is 13. The summed E-state index contributed by atoms with van der Waals surface area (Å²) in [6.45, 7) is 69.6. The summed E-state index contributed by atoms with van der Waals surface area (Å²) in [4.78, 5) is 111. The van der Waals surface area contributed by atoms with Crippen LogP contribution in [0.5, 0.6) is 0 Å². The highest BCUT2D eigenvalue weighted by atomic mass is 19.1. The number of allylic oxidation sites excluding steroid dienone is 1. The lowest BCUT2D eigenvalue weighted by Gasteiger charge is -2.37. The van der Waals surface area contributed by atoms with E-state index in [4.69, 9.17) is 54.1 Å². The predicted molar refractivity (Wildman–Crippen MR) is 556 cm³/mol. The van der Waals surface area contributed by atoms with Gasteiger partial charge in [0, 0.05) is 79.2 Å². The van der Waals surface area contributed by atoms with Crippen molar-refractivity contribution in [3.63, 3.8) is 0 Å². The normalized spacial score (nSPS) is 20.7. The van der Waals surface area contributed by atoms with Crippen molar-refractivity contribution < 1.29 is 33.1 Å². The predicted octanol–water partition coefficient (Wildman–Crippen LogP) is 27.7. The lowest BCUT2D eigenvalue weighted by atomic mass is 9.73. The van der Waals surface area contributed by atoms with Crippen molar-refractivity contribution in [3.8, 4) is 0 Å². The van der Waals surface area contributed by atoms with Crippen LogP contribution in [-0.2, 0) is 28.7 Å². The number of hydrogen-bond donors (Lipinski definition) is 6. The number of anilines is 6. The molecule has 22 rings (SSSR count). The van der Waals surface area contributed by atoms with Crippen LogP contribution in [0.15, 0.2) is 121 Å². The average Bonchev–Trinajstić information content (AvgIpc) is 1.60. The number of imidazole rings is 6. The third kappa shape index (κ3) is 21.7. The molecule has 5 amide bonds. The van der Waals surface area contributed by atoms with E-state index in [1.807, 2.05) is 139 Å². The maximum absolute atomic E-state index is 13.6. The van der Waals surface area contributed by atoms with E-state index in [1.54, 1.807) is 37.4 Å². The lowest BCUT2D eigenvalue weighted by molar-refractivity contribution is -0.128. The highest BCUT2D eigenvalue weighted by molar-refractivity contribution is 5.98. The summed E-state index contributed by atoms with van der Waals surface area (Å²) in [6, 6.07) is 35.4. The van der Waals surface area contributed by atoms with Gasteiger partial charge in [-0.05, 0) is 276 Å². The van der Waals surface area contributed by atoms with E-state index in [1.165, 1.54) is 77.6 Å². The summed E-state index contributed by atoms with van der Waals surface area (Å²) in [5, 5.41) is 18.4. The van der Waals surface area contributed by atoms with Crippen LogP contribution in [0.25, 0.3) is 95.3 Å². The first-order valence-corrected chi connectivity index (χ1v) is 50.6. The number of ether oxygens (including phenoxy) is 1. The first-order valence-electron chi connectivity index (χ1n) is 50.6. The maximum atomic E-state index is 13.6. The van der Waals surface area contributed by atoms with E-state index in [0.717, 1.165) is 161 Å². The zero-order valence-corrected chi connectivity index (χ0v) is 83.6. The molecule has 12 aromatic rings. The van der Waals surface area contributed by atoms with Crippen LogP contribution < -0.4 is 31.9 Å². The number of halogens is 1. The van der Waals surface area contributed by atoms with Gasteiger partial charge < -0.3 is 37.5 Å². The van der Waals surface area contributed by atoms with Crippen LogP contribution >= 0.6 is 0 Å². The van der Waals surface area contributed by atoms with Gasteiger partial charge in [-0.25, -0.2) is 63.4 Å². The third-order valence-electron chi connectivity index (χ3n) is 30.9. The molecule has 10 fully saturated rings. The second-order valence-corrected chi connectivity index (χ2v) is 43.7. The Kier molecular flexibility index (Phi) is 28.8. The van der Waals surface area contributed by atoms with Gasteiger partial charge in [-0.1, -0.05) is 105 Å². The van der Waals surface area contributed by atoms with Crippen LogP contribution in [0, 0.1) is 91.7 Å². The molecule has 6 aromatic carbocycles. The molecule has 2 bridgehead atoms. The zero-order valence-electron chi connectivity index (χ0n) is 83.6. The highest BCUT2D eigenvalue weighted by Crippen LogP contribution is 2.56. The molecule has 736 valence electrons. The average molecular weight is 1910 g/mol. The molecular formula is C111H129FN24O6. The largest absolute Gasteiger partial charge is 0.378 e. The van der Waals surface area contributed by atoms with Gasteiger partial charge in [0.25, 0.3) is 0 Å². The van der Waals surface area contributed by atoms with Crippen LogP contribution in [0.3, 0.4) is 0 Å². The van der Waals surface area contributed by atoms with Gasteiger partial charge in [0.15, 0.2) is 34.1 Å². The fourth-order valence-electron chi connectivity index (χ4n) is 20.8. The molecule has 0 aliphatic heterocycles. The van der Waals surface area contributed by atoms with Crippen molar-refractivity contribution in [2.24, 2.45) is 52.3 Å². The number of fused-ring (bicyclic) bond motifs is 8. The summed E-state index contributed by atoms with van der Waals surface area (Å²) < 4.78 is 31.8. The SMILES string of the molecule is [C-]#[N+]c1ccc2nc(NC(=C)C3CC3(C)C)n(C3CCC3)c2c1.[C-]#[N+]c1ccc2nc(NC(=O)C3CC(C)(F)C3)n(C3CCC3)c2c1.[C-]#[N+]c1ccc2nc(NC(=O)C3CC4CCC3C4)n(C3CCC3)c2c1.[C-]#[N+]c1ccc2nc(NC(=O)CC(C)(C)C)n(C3CCC3)c2c1.[C-]#[N+]c1ccc2nc(NC(=O)CC(C)(C)OC)n(C3CCC3)c2c1.[C-]#[N+]c1ccc2nc(NC(=O)[C@@H](C)C(C)C)n(C3CCC3)c2c1. The Morgan fingerprint density at radius 1 is 0.415 bits per heavy atom. The van der Waals surface area contributed by atoms with Crippen molar-refractivity contribution >= 4 is 166 Å². The Bertz CT molecular complexity index is 7010. The monoisotopic (exact) mass is 1910 g/mol.